The van der Waals surface area contributed by atoms with E-state index in [9.17, 15) is 14.4 Å². The highest BCUT2D eigenvalue weighted by atomic mass is 16.5. The molecule has 0 fully saturated rings. The van der Waals surface area contributed by atoms with Crippen molar-refractivity contribution in [2.24, 2.45) is 0 Å². The molecule has 0 bridgehead atoms. The van der Waals surface area contributed by atoms with E-state index in [2.05, 4.69) is 22.8 Å². The van der Waals surface area contributed by atoms with Crippen molar-refractivity contribution in [1.29, 1.82) is 0 Å². The number of benzene rings is 2. The number of unbranched alkanes of at least 4 members (excludes halogenated alkanes) is 1. The van der Waals surface area contributed by atoms with Gasteiger partial charge in [0.05, 0.1) is 24.8 Å². The Hall–Kier alpha value is -3.88. The number of nitrogens with one attached hydrogen (secondary N) is 2. The number of carbonyl (C=O) groups excluding carboxylic acids is 2. The predicted molar refractivity (Wildman–Crippen MR) is 125 cm³/mol. The van der Waals surface area contributed by atoms with E-state index >= 15 is 0 Å². The van der Waals surface area contributed by atoms with Gasteiger partial charge in [-0.1, -0.05) is 13.3 Å². The first-order chi connectivity index (χ1) is 15.9. The summed E-state index contributed by atoms with van der Waals surface area (Å²) in [6.45, 7) is 6.63. The highest BCUT2D eigenvalue weighted by Gasteiger charge is 2.14. The van der Waals surface area contributed by atoms with Gasteiger partial charge in [0, 0.05) is 17.7 Å². The minimum atomic E-state index is -0.509. The van der Waals surface area contributed by atoms with E-state index in [1.807, 2.05) is 6.92 Å². The fourth-order valence-corrected chi connectivity index (χ4v) is 3.34. The maximum Gasteiger partial charge on any atom is 0.272 e. The number of hydrogen-bond donors (Lipinski definition) is 2. The number of hydrogen-bond acceptors (Lipinski definition) is 6. The third kappa shape index (κ3) is 5.31. The number of nitrogens with zero attached hydrogens (tertiary/aromatic N) is 2. The Morgan fingerprint density at radius 1 is 1.00 bits per heavy atom. The van der Waals surface area contributed by atoms with Crippen LogP contribution in [0.15, 0.2) is 41.2 Å². The summed E-state index contributed by atoms with van der Waals surface area (Å²) in [7, 11) is 1.50. The molecule has 2 amide bonds. The van der Waals surface area contributed by atoms with E-state index in [0.717, 1.165) is 12.8 Å². The Morgan fingerprint density at radius 3 is 2.30 bits per heavy atom. The van der Waals surface area contributed by atoms with E-state index in [1.165, 1.54) is 7.11 Å². The molecule has 0 aliphatic heterocycles. The lowest BCUT2D eigenvalue weighted by Gasteiger charge is -2.13. The molecule has 1 heterocycles. The first kappa shape index (κ1) is 23.8. The second kappa shape index (κ2) is 10.6. The SMILES string of the molecule is CCCCOc1ccc(C(=O)NNC(=O)c2ccc3c(c2)nc(C)c(=O)n3CC)cc1OC. The maximum atomic E-state index is 12.6. The van der Waals surface area contributed by atoms with Crippen LogP contribution in [0.1, 0.15) is 53.1 Å². The number of aryl methyl sites for hydroxylation is 2. The molecule has 9 nitrogen and oxygen atoms in total. The lowest BCUT2D eigenvalue weighted by atomic mass is 10.1. The Labute approximate surface area is 191 Å². The van der Waals surface area contributed by atoms with Crippen LogP contribution in [0.5, 0.6) is 11.5 Å². The monoisotopic (exact) mass is 452 g/mol. The van der Waals surface area contributed by atoms with Gasteiger partial charge >= 0.3 is 0 Å². The molecular formula is C24H28N4O5. The highest BCUT2D eigenvalue weighted by molar-refractivity contribution is 6.00. The van der Waals surface area contributed by atoms with E-state index in [0.29, 0.717) is 52.5 Å². The van der Waals surface area contributed by atoms with Crippen molar-refractivity contribution in [2.75, 3.05) is 13.7 Å². The molecule has 0 atom stereocenters. The van der Waals surface area contributed by atoms with Crippen molar-refractivity contribution < 1.29 is 19.1 Å². The van der Waals surface area contributed by atoms with E-state index in [-0.39, 0.29) is 5.56 Å². The first-order valence-corrected chi connectivity index (χ1v) is 10.8. The number of aromatic nitrogens is 2. The molecule has 0 unspecified atom stereocenters. The van der Waals surface area contributed by atoms with Gasteiger partial charge in [0.25, 0.3) is 17.4 Å². The van der Waals surface area contributed by atoms with Gasteiger partial charge in [-0.3, -0.25) is 25.2 Å². The number of fused-ring (bicyclic) bond motifs is 1. The van der Waals surface area contributed by atoms with Gasteiger partial charge in [0.2, 0.25) is 0 Å². The van der Waals surface area contributed by atoms with Crippen molar-refractivity contribution in [1.82, 2.24) is 20.4 Å². The zero-order chi connectivity index (χ0) is 24.0. The Bertz CT molecular complexity index is 1240. The van der Waals surface area contributed by atoms with Crippen LogP contribution in [0.2, 0.25) is 0 Å². The van der Waals surface area contributed by atoms with Gasteiger partial charge in [-0.2, -0.15) is 0 Å². The van der Waals surface area contributed by atoms with E-state index in [1.54, 1.807) is 47.9 Å². The molecule has 3 aromatic rings. The molecule has 2 N–H and O–H groups in total. The minimum Gasteiger partial charge on any atom is -0.493 e. The van der Waals surface area contributed by atoms with Gasteiger partial charge in [0.15, 0.2) is 11.5 Å². The number of carbonyl (C=O) groups is 2. The number of rotatable bonds is 8. The lowest BCUT2D eigenvalue weighted by Crippen LogP contribution is -2.41. The number of hydrazine groups is 1. The molecule has 0 radical (unpaired) electrons. The standard InChI is InChI=1S/C24H28N4O5/c1-5-7-12-33-20-11-9-17(14-21(20)32-4)23(30)27-26-22(29)16-8-10-19-18(13-16)25-15(3)24(31)28(19)6-2/h8-11,13-14H,5-7,12H2,1-4H3,(H,26,29)(H,27,30). The second-order valence-electron chi connectivity index (χ2n) is 7.43. The van der Waals surface area contributed by atoms with Crippen LogP contribution >= 0.6 is 0 Å². The molecule has 0 aliphatic rings. The summed E-state index contributed by atoms with van der Waals surface area (Å²) in [6, 6.07) is 9.65. The molecule has 0 saturated heterocycles. The van der Waals surface area contributed by atoms with E-state index < -0.39 is 11.8 Å². The Kier molecular flexibility index (Phi) is 7.66. The topological polar surface area (TPSA) is 112 Å². The molecule has 3 rings (SSSR count). The van der Waals surface area contributed by atoms with Crippen molar-refractivity contribution in [3.63, 3.8) is 0 Å². The quantitative estimate of drug-likeness (QED) is 0.401. The first-order valence-electron chi connectivity index (χ1n) is 10.8. The number of methoxy groups -OCH3 is 1. The summed E-state index contributed by atoms with van der Waals surface area (Å²) in [5.74, 6) is -0.0270. The Balaban J connectivity index is 1.71. The van der Waals surface area contributed by atoms with Crippen LogP contribution in [0.4, 0.5) is 0 Å². The summed E-state index contributed by atoms with van der Waals surface area (Å²) < 4.78 is 12.6. The van der Waals surface area contributed by atoms with Crippen molar-refractivity contribution in [3.8, 4) is 11.5 Å². The average molecular weight is 453 g/mol. The molecule has 9 heteroatoms. The molecule has 1 aromatic heterocycles. The lowest BCUT2D eigenvalue weighted by molar-refractivity contribution is 0.0846. The fourth-order valence-electron chi connectivity index (χ4n) is 3.34. The van der Waals surface area contributed by atoms with Crippen LogP contribution in [0.3, 0.4) is 0 Å². The summed E-state index contributed by atoms with van der Waals surface area (Å²) in [4.78, 5) is 41.6. The van der Waals surface area contributed by atoms with Crippen molar-refractivity contribution in [3.05, 3.63) is 63.6 Å². The third-order valence-corrected chi connectivity index (χ3v) is 5.16. The molecule has 0 saturated carbocycles. The van der Waals surface area contributed by atoms with Crippen molar-refractivity contribution in [2.45, 2.75) is 40.2 Å². The Morgan fingerprint density at radius 2 is 1.67 bits per heavy atom. The second-order valence-corrected chi connectivity index (χ2v) is 7.43. The van der Waals surface area contributed by atoms with Crippen LogP contribution < -0.4 is 25.9 Å². The summed E-state index contributed by atoms with van der Waals surface area (Å²) in [5, 5.41) is 0. The summed E-state index contributed by atoms with van der Waals surface area (Å²) in [6.07, 6.45) is 1.92. The fraction of sp³-hybridized carbons (Fsp3) is 0.333. The predicted octanol–water partition coefficient (Wildman–Crippen LogP) is 2.99. The molecule has 174 valence electrons. The zero-order valence-electron chi connectivity index (χ0n) is 19.2. The molecule has 33 heavy (non-hydrogen) atoms. The average Bonchev–Trinajstić information content (AvgIpc) is 2.83. The van der Waals surface area contributed by atoms with Gasteiger partial charge < -0.3 is 14.0 Å². The van der Waals surface area contributed by atoms with Gasteiger partial charge in [-0.05, 0) is 56.7 Å². The van der Waals surface area contributed by atoms with Crippen molar-refractivity contribution >= 4 is 22.8 Å². The maximum absolute atomic E-state index is 12.6. The van der Waals surface area contributed by atoms with Crippen LogP contribution in [0.25, 0.3) is 11.0 Å². The highest BCUT2D eigenvalue weighted by Crippen LogP contribution is 2.28. The van der Waals surface area contributed by atoms with Crippen LogP contribution in [-0.4, -0.2) is 35.1 Å². The third-order valence-electron chi connectivity index (χ3n) is 5.16. The van der Waals surface area contributed by atoms with Crippen LogP contribution in [-0.2, 0) is 6.54 Å². The molecular weight excluding hydrogens is 424 g/mol. The van der Waals surface area contributed by atoms with Gasteiger partial charge in [0.1, 0.15) is 5.69 Å². The normalized spacial score (nSPS) is 10.7. The van der Waals surface area contributed by atoms with Crippen LogP contribution in [0, 0.1) is 6.92 Å². The summed E-state index contributed by atoms with van der Waals surface area (Å²) in [5.41, 5.74) is 6.77. The van der Waals surface area contributed by atoms with Gasteiger partial charge in [-0.15, -0.1) is 0 Å². The van der Waals surface area contributed by atoms with Gasteiger partial charge in [-0.25, -0.2) is 4.98 Å². The number of ether oxygens (including phenoxy) is 2. The summed E-state index contributed by atoms with van der Waals surface area (Å²) >= 11 is 0. The number of amides is 2. The van der Waals surface area contributed by atoms with E-state index in [4.69, 9.17) is 9.47 Å². The molecule has 2 aromatic carbocycles. The minimum absolute atomic E-state index is 0.160. The molecule has 0 spiro atoms. The smallest absolute Gasteiger partial charge is 0.272 e. The zero-order valence-corrected chi connectivity index (χ0v) is 19.2. The molecule has 0 aliphatic carbocycles. The largest absolute Gasteiger partial charge is 0.493 e.